The van der Waals surface area contributed by atoms with Gasteiger partial charge in [-0.3, -0.25) is 0 Å². The highest BCUT2D eigenvalue weighted by atomic mass is 32.1. The maximum absolute atomic E-state index is 5.26. The van der Waals surface area contributed by atoms with Gasteiger partial charge in [0.1, 0.15) is 4.99 Å². The smallest absolute Gasteiger partial charge is 0.106 e. The van der Waals surface area contributed by atoms with Crippen molar-refractivity contribution < 1.29 is 0 Å². The Morgan fingerprint density at radius 3 is 2.62 bits per heavy atom. The molecule has 1 aromatic carbocycles. The maximum atomic E-state index is 5.26. The predicted molar refractivity (Wildman–Crippen MR) is 58.9 cm³/mol. The normalized spacial score (nSPS) is 15.4. The molecule has 1 nitrogen and oxygen atoms in total. The first-order valence-electron chi connectivity index (χ1n) is 4.69. The second-order valence-corrected chi connectivity index (χ2v) is 3.93. The minimum Gasteiger partial charge on any atom is -0.376 e. The average molecular weight is 191 g/mol. The van der Waals surface area contributed by atoms with Crippen LogP contribution in [0.15, 0.2) is 30.3 Å². The highest BCUT2D eigenvalue weighted by Gasteiger charge is 2.20. The van der Waals surface area contributed by atoms with E-state index in [2.05, 4.69) is 5.32 Å². The summed E-state index contributed by atoms with van der Waals surface area (Å²) < 4.78 is 0. The molecule has 0 bridgehead atoms. The van der Waals surface area contributed by atoms with Crippen molar-refractivity contribution in [1.29, 1.82) is 0 Å². The Bertz CT molecular complexity index is 290. The van der Waals surface area contributed by atoms with E-state index < -0.39 is 0 Å². The summed E-state index contributed by atoms with van der Waals surface area (Å²) in [6.45, 7) is 1.05. The van der Waals surface area contributed by atoms with Gasteiger partial charge in [-0.05, 0) is 18.8 Å². The van der Waals surface area contributed by atoms with Gasteiger partial charge in [-0.2, -0.15) is 0 Å². The van der Waals surface area contributed by atoms with E-state index in [0.29, 0.717) is 0 Å². The molecule has 0 atom stereocenters. The first-order chi connectivity index (χ1) is 6.36. The van der Waals surface area contributed by atoms with Crippen LogP contribution in [0.3, 0.4) is 0 Å². The summed E-state index contributed by atoms with van der Waals surface area (Å²) in [7, 11) is 0. The highest BCUT2D eigenvalue weighted by molar-refractivity contribution is 7.80. The van der Waals surface area contributed by atoms with Crippen LogP contribution in [0.1, 0.15) is 18.4 Å². The highest BCUT2D eigenvalue weighted by Crippen LogP contribution is 2.27. The SMILES string of the molecule is S=C(NCC1CC1)c1ccccc1. The Kier molecular flexibility index (Phi) is 2.60. The number of benzene rings is 1. The van der Waals surface area contributed by atoms with Crippen molar-refractivity contribution in [2.75, 3.05) is 6.54 Å². The summed E-state index contributed by atoms with van der Waals surface area (Å²) in [4.78, 5) is 0.882. The Hall–Kier alpha value is -0.890. The molecule has 2 rings (SSSR count). The molecule has 1 fully saturated rings. The van der Waals surface area contributed by atoms with Gasteiger partial charge in [0.15, 0.2) is 0 Å². The fourth-order valence-electron chi connectivity index (χ4n) is 1.25. The van der Waals surface area contributed by atoms with Crippen molar-refractivity contribution in [3.8, 4) is 0 Å². The van der Waals surface area contributed by atoms with E-state index in [1.807, 2.05) is 30.3 Å². The van der Waals surface area contributed by atoms with E-state index >= 15 is 0 Å². The summed E-state index contributed by atoms with van der Waals surface area (Å²) in [6, 6.07) is 10.1. The lowest BCUT2D eigenvalue weighted by Crippen LogP contribution is -2.24. The standard InChI is InChI=1S/C11H13NS/c13-11(12-8-9-6-7-9)10-4-2-1-3-5-10/h1-5,9H,6-8H2,(H,12,13). The third-order valence-electron chi connectivity index (χ3n) is 2.28. The molecule has 0 amide bonds. The van der Waals surface area contributed by atoms with E-state index in [9.17, 15) is 0 Å². The van der Waals surface area contributed by atoms with Gasteiger partial charge >= 0.3 is 0 Å². The third kappa shape index (κ3) is 2.52. The predicted octanol–water partition coefficient (Wildman–Crippen LogP) is 2.36. The fraction of sp³-hybridized carbons (Fsp3) is 0.364. The largest absolute Gasteiger partial charge is 0.376 e. The van der Waals surface area contributed by atoms with Crippen molar-refractivity contribution in [3.05, 3.63) is 35.9 Å². The molecule has 68 valence electrons. The Morgan fingerprint density at radius 1 is 1.31 bits per heavy atom. The Morgan fingerprint density at radius 2 is 2.00 bits per heavy atom. The molecule has 0 spiro atoms. The molecule has 0 heterocycles. The molecule has 0 unspecified atom stereocenters. The Balaban J connectivity index is 1.89. The van der Waals surface area contributed by atoms with Gasteiger partial charge in [-0.25, -0.2) is 0 Å². The van der Waals surface area contributed by atoms with Crippen LogP contribution in [0.25, 0.3) is 0 Å². The molecule has 1 N–H and O–H groups in total. The van der Waals surface area contributed by atoms with Gasteiger partial charge in [-0.15, -0.1) is 0 Å². The van der Waals surface area contributed by atoms with E-state index in [1.54, 1.807) is 0 Å². The van der Waals surface area contributed by atoms with E-state index in [1.165, 1.54) is 12.8 Å². The zero-order valence-electron chi connectivity index (χ0n) is 7.49. The molecule has 1 aliphatic rings. The van der Waals surface area contributed by atoms with Crippen molar-refractivity contribution in [2.24, 2.45) is 5.92 Å². The van der Waals surface area contributed by atoms with Crippen LogP contribution < -0.4 is 5.32 Å². The van der Waals surface area contributed by atoms with Gasteiger partial charge in [-0.1, -0.05) is 42.5 Å². The number of nitrogens with one attached hydrogen (secondary N) is 1. The monoisotopic (exact) mass is 191 g/mol. The third-order valence-corrected chi connectivity index (χ3v) is 2.66. The van der Waals surface area contributed by atoms with Crippen LogP contribution in [-0.4, -0.2) is 11.5 Å². The topological polar surface area (TPSA) is 12.0 Å². The van der Waals surface area contributed by atoms with E-state index in [-0.39, 0.29) is 0 Å². The van der Waals surface area contributed by atoms with E-state index in [4.69, 9.17) is 12.2 Å². The van der Waals surface area contributed by atoms with Crippen LogP contribution >= 0.6 is 12.2 Å². The van der Waals surface area contributed by atoms with Crippen LogP contribution in [-0.2, 0) is 0 Å². The van der Waals surface area contributed by atoms with Crippen molar-refractivity contribution in [2.45, 2.75) is 12.8 Å². The minimum atomic E-state index is 0.877. The summed E-state index contributed by atoms with van der Waals surface area (Å²) in [6.07, 6.45) is 2.73. The van der Waals surface area contributed by atoms with Gasteiger partial charge < -0.3 is 5.32 Å². The molecular weight excluding hydrogens is 178 g/mol. The van der Waals surface area contributed by atoms with E-state index in [0.717, 1.165) is 23.0 Å². The first-order valence-corrected chi connectivity index (χ1v) is 5.10. The maximum Gasteiger partial charge on any atom is 0.106 e. The average Bonchev–Trinajstić information content (AvgIpc) is 2.99. The minimum absolute atomic E-state index is 0.877. The van der Waals surface area contributed by atoms with Crippen LogP contribution in [0.4, 0.5) is 0 Å². The van der Waals surface area contributed by atoms with Gasteiger partial charge in [0.05, 0.1) is 0 Å². The molecule has 1 aliphatic carbocycles. The van der Waals surface area contributed by atoms with Crippen LogP contribution in [0, 0.1) is 5.92 Å². The molecule has 2 heteroatoms. The lowest BCUT2D eigenvalue weighted by atomic mass is 10.2. The fourth-order valence-corrected chi connectivity index (χ4v) is 1.47. The second kappa shape index (κ2) is 3.88. The zero-order valence-corrected chi connectivity index (χ0v) is 8.31. The van der Waals surface area contributed by atoms with Crippen molar-refractivity contribution in [1.82, 2.24) is 5.32 Å². The Labute approximate surface area is 84.2 Å². The first kappa shape index (κ1) is 8.70. The second-order valence-electron chi connectivity index (χ2n) is 3.52. The van der Waals surface area contributed by atoms with Crippen LogP contribution in [0.5, 0.6) is 0 Å². The van der Waals surface area contributed by atoms with Gasteiger partial charge in [0.2, 0.25) is 0 Å². The van der Waals surface area contributed by atoms with Crippen molar-refractivity contribution in [3.63, 3.8) is 0 Å². The molecule has 0 aromatic heterocycles. The number of hydrogen-bond acceptors (Lipinski definition) is 1. The summed E-state index contributed by atoms with van der Waals surface area (Å²) >= 11 is 5.26. The molecule has 13 heavy (non-hydrogen) atoms. The lowest BCUT2D eigenvalue weighted by Gasteiger charge is -2.06. The number of rotatable bonds is 3. The van der Waals surface area contributed by atoms with Gasteiger partial charge in [0.25, 0.3) is 0 Å². The quantitative estimate of drug-likeness (QED) is 0.736. The molecule has 1 aromatic rings. The number of hydrogen-bond donors (Lipinski definition) is 1. The summed E-state index contributed by atoms with van der Waals surface area (Å²) in [5.74, 6) is 0.877. The molecule has 0 saturated heterocycles. The lowest BCUT2D eigenvalue weighted by molar-refractivity contribution is 0.779. The molecule has 0 aliphatic heterocycles. The molecule has 0 radical (unpaired) electrons. The van der Waals surface area contributed by atoms with Gasteiger partial charge in [0, 0.05) is 12.1 Å². The summed E-state index contributed by atoms with van der Waals surface area (Å²) in [5.41, 5.74) is 1.12. The molecular formula is C11H13NS. The molecule has 1 saturated carbocycles. The summed E-state index contributed by atoms with van der Waals surface area (Å²) in [5, 5.41) is 3.29. The van der Waals surface area contributed by atoms with Crippen LogP contribution in [0.2, 0.25) is 0 Å². The number of thiocarbonyl (C=S) groups is 1. The zero-order chi connectivity index (χ0) is 9.10. The van der Waals surface area contributed by atoms with Crippen molar-refractivity contribution >= 4 is 17.2 Å².